The van der Waals surface area contributed by atoms with Crippen LogP contribution in [0.25, 0.3) is 11.0 Å². The van der Waals surface area contributed by atoms with E-state index < -0.39 is 0 Å². The summed E-state index contributed by atoms with van der Waals surface area (Å²) in [6.07, 6.45) is 0. The molecule has 3 N–H and O–H groups in total. The highest BCUT2D eigenvalue weighted by Crippen LogP contribution is 2.26. The fourth-order valence-corrected chi connectivity index (χ4v) is 2.34. The third-order valence-corrected chi connectivity index (χ3v) is 3.45. The maximum atomic E-state index is 6.02. The van der Waals surface area contributed by atoms with Gasteiger partial charge in [-0.25, -0.2) is 9.97 Å². The molecule has 3 aromatic rings. The minimum absolute atomic E-state index is 0.0394. The van der Waals surface area contributed by atoms with Gasteiger partial charge in [-0.2, -0.15) is 0 Å². The lowest BCUT2D eigenvalue weighted by atomic mass is 10.1. The van der Waals surface area contributed by atoms with Gasteiger partial charge >= 0.3 is 0 Å². The molecule has 0 aliphatic heterocycles. The molecule has 0 fully saturated rings. The smallest absolute Gasteiger partial charge is 0.152 e. The zero-order valence-corrected chi connectivity index (χ0v) is 12.2. The average molecular weight is 278 g/mol. The Morgan fingerprint density at radius 3 is 2.29 bits per heavy atom. The van der Waals surface area contributed by atoms with E-state index in [1.807, 2.05) is 62.4 Å². The molecular formula is C17H18N4. The van der Waals surface area contributed by atoms with Gasteiger partial charge in [0.2, 0.25) is 0 Å². The van der Waals surface area contributed by atoms with E-state index in [9.17, 15) is 0 Å². The number of hydrogen-bond donors (Lipinski definition) is 2. The number of nitrogens with two attached hydrogens (primary N) is 1. The Labute approximate surface area is 124 Å². The molecule has 0 amide bonds. The molecule has 0 aliphatic rings. The summed E-state index contributed by atoms with van der Waals surface area (Å²) in [6.45, 7) is 3.93. The van der Waals surface area contributed by atoms with Crippen LogP contribution in [0, 0.1) is 6.92 Å². The highest BCUT2D eigenvalue weighted by molar-refractivity contribution is 5.77. The van der Waals surface area contributed by atoms with Crippen molar-refractivity contribution < 1.29 is 0 Å². The molecule has 106 valence electrons. The van der Waals surface area contributed by atoms with Crippen LogP contribution in [0.5, 0.6) is 0 Å². The largest absolute Gasteiger partial charge is 0.338 e. The molecule has 1 aromatic heterocycles. The first kappa shape index (κ1) is 13.5. The molecule has 0 radical (unpaired) electrons. The van der Waals surface area contributed by atoms with Crippen molar-refractivity contribution in [2.45, 2.75) is 19.9 Å². The van der Waals surface area contributed by atoms with Gasteiger partial charge in [0.05, 0.1) is 16.7 Å². The lowest BCUT2D eigenvalue weighted by Crippen LogP contribution is -2.09. The van der Waals surface area contributed by atoms with E-state index in [-0.39, 0.29) is 6.04 Å². The fourth-order valence-electron chi connectivity index (χ4n) is 2.34. The Morgan fingerprint density at radius 2 is 1.57 bits per heavy atom. The van der Waals surface area contributed by atoms with Crippen molar-refractivity contribution >= 4 is 22.5 Å². The molecule has 0 bridgehead atoms. The highest BCUT2D eigenvalue weighted by atomic mass is 15.0. The number of aryl methyl sites for hydroxylation is 1. The molecule has 4 nitrogen and oxygen atoms in total. The van der Waals surface area contributed by atoms with Gasteiger partial charge in [-0.3, -0.25) is 0 Å². The Balaban J connectivity index is 2.04. The maximum absolute atomic E-state index is 6.02. The first-order chi connectivity index (χ1) is 10.1. The molecule has 0 saturated heterocycles. The molecule has 1 heterocycles. The van der Waals surface area contributed by atoms with E-state index in [0.29, 0.717) is 0 Å². The summed E-state index contributed by atoms with van der Waals surface area (Å²) in [5, 5.41) is 3.36. The summed E-state index contributed by atoms with van der Waals surface area (Å²) in [5.74, 6) is 0.766. The normalized spacial score (nSPS) is 12.3. The number of para-hydroxylation sites is 3. The standard InChI is InChI=1S/C17H18N4/c1-11(18)13-7-3-4-8-14(13)20-17-12(2)19-15-9-5-6-10-16(15)21-17/h3-11H,18H2,1-2H3,(H,20,21). The van der Waals surface area contributed by atoms with Crippen LogP contribution in [0.2, 0.25) is 0 Å². The summed E-state index contributed by atoms with van der Waals surface area (Å²) in [7, 11) is 0. The molecule has 0 aliphatic carbocycles. The van der Waals surface area contributed by atoms with Crippen molar-refractivity contribution in [1.29, 1.82) is 0 Å². The van der Waals surface area contributed by atoms with E-state index in [1.165, 1.54) is 0 Å². The van der Waals surface area contributed by atoms with Crippen LogP contribution in [-0.4, -0.2) is 9.97 Å². The number of fused-ring (bicyclic) bond motifs is 1. The number of rotatable bonds is 3. The highest BCUT2D eigenvalue weighted by Gasteiger charge is 2.09. The van der Waals surface area contributed by atoms with Crippen molar-refractivity contribution in [2.75, 3.05) is 5.32 Å². The molecule has 4 heteroatoms. The van der Waals surface area contributed by atoms with Crippen LogP contribution in [0.3, 0.4) is 0 Å². The fraction of sp³-hybridized carbons (Fsp3) is 0.176. The number of nitrogens with zero attached hydrogens (tertiary/aromatic N) is 2. The first-order valence-electron chi connectivity index (χ1n) is 7.00. The second-order valence-electron chi connectivity index (χ2n) is 5.15. The summed E-state index contributed by atoms with van der Waals surface area (Å²) >= 11 is 0. The first-order valence-corrected chi connectivity index (χ1v) is 7.00. The number of nitrogens with one attached hydrogen (secondary N) is 1. The topological polar surface area (TPSA) is 63.8 Å². The number of anilines is 2. The Kier molecular flexibility index (Phi) is 3.54. The molecule has 3 rings (SSSR count). The lowest BCUT2D eigenvalue weighted by molar-refractivity contribution is 0.820. The minimum atomic E-state index is -0.0394. The van der Waals surface area contributed by atoms with Crippen molar-refractivity contribution in [3.8, 4) is 0 Å². The van der Waals surface area contributed by atoms with Gasteiger partial charge in [0.25, 0.3) is 0 Å². The Bertz CT molecular complexity index is 781. The van der Waals surface area contributed by atoms with Crippen LogP contribution in [0.15, 0.2) is 48.5 Å². The second kappa shape index (κ2) is 5.50. The van der Waals surface area contributed by atoms with Gasteiger partial charge in [0.1, 0.15) is 0 Å². The molecule has 1 atom stereocenters. The summed E-state index contributed by atoms with van der Waals surface area (Å²) in [5.41, 5.74) is 10.7. The predicted octanol–water partition coefficient (Wildman–Crippen LogP) is 3.70. The van der Waals surface area contributed by atoms with Crippen LogP contribution in [-0.2, 0) is 0 Å². The Morgan fingerprint density at radius 1 is 0.952 bits per heavy atom. The zero-order valence-electron chi connectivity index (χ0n) is 12.2. The van der Waals surface area contributed by atoms with Crippen LogP contribution < -0.4 is 11.1 Å². The Hall–Kier alpha value is -2.46. The number of aromatic nitrogens is 2. The van der Waals surface area contributed by atoms with E-state index in [0.717, 1.165) is 33.8 Å². The molecule has 0 spiro atoms. The lowest BCUT2D eigenvalue weighted by Gasteiger charge is -2.15. The van der Waals surface area contributed by atoms with Gasteiger partial charge in [0.15, 0.2) is 5.82 Å². The molecule has 0 saturated carbocycles. The molecular weight excluding hydrogens is 260 g/mol. The maximum Gasteiger partial charge on any atom is 0.152 e. The zero-order chi connectivity index (χ0) is 14.8. The van der Waals surface area contributed by atoms with Gasteiger partial charge in [-0.15, -0.1) is 0 Å². The van der Waals surface area contributed by atoms with Crippen LogP contribution >= 0.6 is 0 Å². The third kappa shape index (κ3) is 2.71. The number of hydrogen-bond acceptors (Lipinski definition) is 4. The van der Waals surface area contributed by atoms with Gasteiger partial charge in [-0.05, 0) is 37.6 Å². The van der Waals surface area contributed by atoms with Crippen molar-refractivity contribution in [3.05, 3.63) is 59.8 Å². The van der Waals surface area contributed by atoms with Crippen molar-refractivity contribution in [3.63, 3.8) is 0 Å². The van der Waals surface area contributed by atoms with E-state index in [4.69, 9.17) is 5.73 Å². The summed E-state index contributed by atoms with van der Waals surface area (Å²) in [4.78, 5) is 9.25. The quantitative estimate of drug-likeness (QED) is 0.766. The van der Waals surface area contributed by atoms with Crippen molar-refractivity contribution in [2.24, 2.45) is 5.73 Å². The second-order valence-corrected chi connectivity index (χ2v) is 5.15. The van der Waals surface area contributed by atoms with Gasteiger partial charge in [-0.1, -0.05) is 30.3 Å². The van der Waals surface area contributed by atoms with E-state index >= 15 is 0 Å². The summed E-state index contributed by atoms with van der Waals surface area (Å²) in [6, 6.07) is 15.8. The average Bonchev–Trinajstić information content (AvgIpc) is 2.48. The SMILES string of the molecule is Cc1nc2ccccc2nc1Nc1ccccc1C(C)N. The van der Waals surface area contributed by atoms with E-state index in [1.54, 1.807) is 0 Å². The van der Waals surface area contributed by atoms with E-state index in [2.05, 4.69) is 15.3 Å². The monoisotopic (exact) mass is 278 g/mol. The minimum Gasteiger partial charge on any atom is -0.338 e. The molecule has 21 heavy (non-hydrogen) atoms. The van der Waals surface area contributed by atoms with Gasteiger partial charge < -0.3 is 11.1 Å². The van der Waals surface area contributed by atoms with Gasteiger partial charge in [0, 0.05) is 11.7 Å². The van der Waals surface area contributed by atoms with Crippen LogP contribution in [0.4, 0.5) is 11.5 Å². The number of benzene rings is 2. The van der Waals surface area contributed by atoms with Crippen molar-refractivity contribution in [1.82, 2.24) is 9.97 Å². The molecule has 1 unspecified atom stereocenters. The summed E-state index contributed by atoms with van der Waals surface area (Å²) < 4.78 is 0. The third-order valence-electron chi connectivity index (χ3n) is 3.45. The predicted molar refractivity (Wildman–Crippen MR) is 86.6 cm³/mol. The van der Waals surface area contributed by atoms with Crippen LogP contribution in [0.1, 0.15) is 24.2 Å². The molecule has 2 aromatic carbocycles.